The van der Waals surface area contributed by atoms with Gasteiger partial charge in [0.1, 0.15) is 17.7 Å². The molecule has 1 atom stereocenters. The third-order valence-corrected chi connectivity index (χ3v) is 4.89. The van der Waals surface area contributed by atoms with E-state index >= 15 is 0 Å². The van der Waals surface area contributed by atoms with Gasteiger partial charge in [0.2, 0.25) is 0 Å². The summed E-state index contributed by atoms with van der Waals surface area (Å²) in [6.45, 7) is 4.51. The van der Waals surface area contributed by atoms with Gasteiger partial charge in [0, 0.05) is 6.54 Å². The Kier molecular flexibility index (Phi) is 4.50. The highest BCUT2D eigenvalue weighted by molar-refractivity contribution is 5.73. The van der Waals surface area contributed by atoms with Crippen molar-refractivity contribution < 1.29 is 19.4 Å². The van der Waals surface area contributed by atoms with Gasteiger partial charge in [0.25, 0.3) is 0 Å². The number of hydrogen-bond donors (Lipinski definition) is 1. The van der Waals surface area contributed by atoms with Gasteiger partial charge < -0.3 is 19.1 Å². The fourth-order valence-corrected chi connectivity index (χ4v) is 3.45. The lowest BCUT2D eigenvalue weighted by molar-refractivity contribution is -0.145. The second-order valence-corrected chi connectivity index (χ2v) is 6.72. The minimum atomic E-state index is -0.838. The van der Waals surface area contributed by atoms with Crippen molar-refractivity contribution in [3.8, 4) is 11.5 Å². The van der Waals surface area contributed by atoms with Crippen LogP contribution in [0.2, 0.25) is 0 Å². The van der Waals surface area contributed by atoms with E-state index in [9.17, 15) is 9.90 Å². The summed E-state index contributed by atoms with van der Waals surface area (Å²) in [6, 6.07) is 5.20. The molecule has 4 rings (SSSR count). The number of benzene rings is 1. The summed E-state index contributed by atoms with van der Waals surface area (Å²) >= 11 is 0. The first-order valence-electron chi connectivity index (χ1n) is 8.86. The van der Waals surface area contributed by atoms with Gasteiger partial charge in [-0.1, -0.05) is 6.07 Å². The number of carboxylic acid groups (broad SMARTS) is 1. The number of rotatable bonds is 3. The lowest BCUT2D eigenvalue weighted by Crippen LogP contribution is -2.47. The number of aryl methyl sites for hydroxylation is 1. The molecular formula is C18H22N4O4. The number of aliphatic carboxylic acids is 1. The van der Waals surface area contributed by atoms with E-state index in [-0.39, 0.29) is 0 Å². The second kappa shape index (κ2) is 6.95. The Morgan fingerprint density at radius 2 is 2.00 bits per heavy atom. The van der Waals surface area contributed by atoms with Crippen LogP contribution in [0, 0.1) is 6.92 Å². The Morgan fingerprint density at radius 3 is 2.77 bits per heavy atom. The highest BCUT2D eigenvalue weighted by atomic mass is 16.5. The Balaban J connectivity index is 1.57. The highest BCUT2D eigenvalue weighted by Gasteiger charge is 2.33. The van der Waals surface area contributed by atoms with Crippen LogP contribution in [-0.4, -0.2) is 50.0 Å². The fourth-order valence-electron chi connectivity index (χ4n) is 3.45. The zero-order valence-corrected chi connectivity index (χ0v) is 14.7. The molecule has 2 aliphatic rings. The van der Waals surface area contributed by atoms with Gasteiger partial charge >= 0.3 is 5.97 Å². The van der Waals surface area contributed by atoms with Crippen LogP contribution in [0.3, 0.4) is 0 Å². The molecule has 0 fully saturated rings. The van der Waals surface area contributed by atoms with Gasteiger partial charge in [-0.2, -0.15) is 0 Å². The maximum atomic E-state index is 11.8. The molecule has 1 aromatic heterocycles. The van der Waals surface area contributed by atoms with Crippen LogP contribution in [0.15, 0.2) is 18.2 Å². The fraction of sp³-hybridized carbons (Fsp3) is 0.500. The molecule has 1 N–H and O–H groups in total. The smallest absolute Gasteiger partial charge is 0.322 e. The second-order valence-electron chi connectivity index (χ2n) is 6.72. The number of ether oxygens (including phenoxy) is 2. The molecule has 138 valence electrons. The summed E-state index contributed by atoms with van der Waals surface area (Å²) in [5, 5.41) is 17.9. The molecule has 26 heavy (non-hydrogen) atoms. The quantitative estimate of drug-likeness (QED) is 0.891. The van der Waals surface area contributed by atoms with E-state index in [4.69, 9.17) is 9.47 Å². The molecule has 0 radical (unpaired) electrons. The number of hydrogen-bond acceptors (Lipinski definition) is 6. The van der Waals surface area contributed by atoms with Gasteiger partial charge in [-0.25, -0.2) is 0 Å². The summed E-state index contributed by atoms with van der Waals surface area (Å²) in [7, 11) is 0. The zero-order chi connectivity index (χ0) is 18.1. The molecule has 1 unspecified atom stereocenters. The van der Waals surface area contributed by atoms with Crippen molar-refractivity contribution in [2.75, 3.05) is 13.2 Å². The third kappa shape index (κ3) is 3.24. The van der Waals surface area contributed by atoms with Gasteiger partial charge in [0.05, 0.1) is 26.3 Å². The summed E-state index contributed by atoms with van der Waals surface area (Å²) < 4.78 is 13.4. The number of nitrogens with zero attached hydrogens (tertiary/aromatic N) is 4. The minimum absolute atomic E-state index is 0.355. The molecule has 0 bridgehead atoms. The topological polar surface area (TPSA) is 89.7 Å². The highest BCUT2D eigenvalue weighted by Crippen LogP contribution is 2.31. The van der Waals surface area contributed by atoms with Crippen LogP contribution in [0.25, 0.3) is 0 Å². The van der Waals surface area contributed by atoms with Crippen LogP contribution >= 0.6 is 0 Å². The van der Waals surface area contributed by atoms with E-state index in [1.54, 1.807) is 0 Å². The Labute approximate surface area is 151 Å². The van der Waals surface area contributed by atoms with Crippen LogP contribution in [0.1, 0.15) is 30.1 Å². The molecule has 1 aromatic carbocycles. The Bertz CT molecular complexity index is 820. The largest absolute Gasteiger partial charge is 0.490 e. The van der Waals surface area contributed by atoms with Crippen molar-refractivity contribution in [3.63, 3.8) is 0 Å². The van der Waals surface area contributed by atoms with E-state index in [0.717, 1.165) is 41.6 Å². The molecule has 0 spiro atoms. The number of fused-ring (bicyclic) bond motifs is 2. The molecule has 0 aliphatic carbocycles. The molecule has 8 heteroatoms. The van der Waals surface area contributed by atoms with Crippen LogP contribution in [0.5, 0.6) is 11.5 Å². The predicted octanol–water partition coefficient (Wildman–Crippen LogP) is 1.61. The predicted molar refractivity (Wildman–Crippen MR) is 92.1 cm³/mol. The van der Waals surface area contributed by atoms with Crippen molar-refractivity contribution in [2.45, 2.75) is 45.4 Å². The average molecular weight is 358 g/mol. The van der Waals surface area contributed by atoms with Gasteiger partial charge in [-0.3, -0.25) is 9.69 Å². The minimum Gasteiger partial charge on any atom is -0.490 e. The summed E-state index contributed by atoms with van der Waals surface area (Å²) in [4.78, 5) is 13.7. The Hall–Kier alpha value is -2.61. The third-order valence-electron chi connectivity index (χ3n) is 4.89. The summed E-state index contributed by atoms with van der Waals surface area (Å²) in [5.74, 6) is 2.18. The molecule has 0 saturated carbocycles. The van der Waals surface area contributed by atoms with E-state index < -0.39 is 12.0 Å². The van der Waals surface area contributed by atoms with E-state index in [1.165, 1.54) is 0 Å². The molecule has 2 aromatic rings. The monoisotopic (exact) mass is 358 g/mol. The molecule has 0 amide bonds. The molecule has 8 nitrogen and oxygen atoms in total. The van der Waals surface area contributed by atoms with Crippen LogP contribution < -0.4 is 9.47 Å². The SMILES string of the molecule is Cc1nnc2n1CC(C(=O)O)N(Cc1ccc3c(c1)OCCCCO3)C2. The Morgan fingerprint density at radius 1 is 1.23 bits per heavy atom. The van der Waals surface area contributed by atoms with Crippen molar-refractivity contribution in [1.29, 1.82) is 0 Å². The number of carbonyl (C=O) groups is 1. The van der Waals surface area contributed by atoms with E-state index in [0.29, 0.717) is 32.8 Å². The van der Waals surface area contributed by atoms with E-state index in [1.807, 2.05) is 34.6 Å². The standard InChI is InChI=1S/C18H22N4O4/c1-12-19-20-17-11-21(14(18(23)24)10-22(12)17)9-13-4-5-15-16(8-13)26-7-3-2-6-25-15/h4-5,8,14H,2-3,6-7,9-11H2,1H3,(H,23,24). The molecular weight excluding hydrogens is 336 g/mol. The average Bonchev–Trinajstić information content (AvgIpc) is 2.95. The van der Waals surface area contributed by atoms with Crippen molar-refractivity contribution in [1.82, 2.24) is 19.7 Å². The normalized spacial score (nSPS) is 20.1. The molecule has 2 aliphatic heterocycles. The van der Waals surface area contributed by atoms with Crippen LogP contribution in [-0.2, 0) is 24.4 Å². The van der Waals surface area contributed by atoms with Crippen molar-refractivity contribution >= 4 is 5.97 Å². The van der Waals surface area contributed by atoms with E-state index in [2.05, 4.69) is 10.2 Å². The molecule has 0 saturated heterocycles. The molecule has 3 heterocycles. The number of carboxylic acids is 1. The lowest BCUT2D eigenvalue weighted by Gasteiger charge is -2.33. The first kappa shape index (κ1) is 16.8. The van der Waals surface area contributed by atoms with Gasteiger partial charge in [0.15, 0.2) is 11.5 Å². The maximum absolute atomic E-state index is 11.8. The maximum Gasteiger partial charge on any atom is 0.322 e. The summed E-state index contributed by atoms with van der Waals surface area (Å²) in [5.41, 5.74) is 0.990. The van der Waals surface area contributed by atoms with Gasteiger partial charge in [-0.05, 0) is 37.5 Å². The van der Waals surface area contributed by atoms with Crippen molar-refractivity contribution in [2.24, 2.45) is 0 Å². The summed E-state index contributed by atoms with van der Waals surface area (Å²) in [6.07, 6.45) is 1.95. The first-order chi connectivity index (χ1) is 12.6. The van der Waals surface area contributed by atoms with Gasteiger partial charge in [-0.15, -0.1) is 10.2 Å². The number of aromatic nitrogens is 3. The lowest BCUT2D eigenvalue weighted by atomic mass is 10.1. The zero-order valence-electron chi connectivity index (χ0n) is 14.7. The van der Waals surface area contributed by atoms with Crippen molar-refractivity contribution in [3.05, 3.63) is 35.4 Å². The first-order valence-corrected chi connectivity index (χ1v) is 8.86. The van der Waals surface area contributed by atoms with Crippen LogP contribution in [0.4, 0.5) is 0 Å².